The highest BCUT2D eigenvalue weighted by Gasteiger charge is 2.18. The van der Waals surface area contributed by atoms with Gasteiger partial charge in [-0.05, 0) is 42.7 Å². The molecule has 0 atom stereocenters. The molecule has 0 aliphatic carbocycles. The number of hydrogen-bond acceptors (Lipinski definition) is 6. The Morgan fingerprint density at radius 2 is 1.97 bits per heavy atom. The fourth-order valence-corrected chi connectivity index (χ4v) is 4.05. The molecular formula is C24H20N2O5. The molecule has 1 aliphatic rings. The average Bonchev–Trinajstić information content (AvgIpc) is 3.25. The van der Waals surface area contributed by atoms with Crippen LogP contribution in [0.4, 0.5) is 0 Å². The lowest BCUT2D eigenvalue weighted by Crippen LogP contribution is -2.21. The van der Waals surface area contributed by atoms with Crippen molar-refractivity contribution < 1.29 is 13.9 Å². The normalized spacial score (nSPS) is 12.9. The lowest BCUT2D eigenvalue weighted by Gasteiger charge is -2.09. The van der Waals surface area contributed by atoms with Crippen molar-refractivity contribution in [1.29, 1.82) is 0 Å². The molecule has 2 aromatic carbocycles. The highest BCUT2D eigenvalue weighted by Crippen LogP contribution is 2.21. The Morgan fingerprint density at radius 1 is 1.13 bits per heavy atom. The number of benzene rings is 2. The summed E-state index contributed by atoms with van der Waals surface area (Å²) in [5, 5.41) is 1.22. The lowest BCUT2D eigenvalue weighted by molar-refractivity contribution is 0.0474. The van der Waals surface area contributed by atoms with Gasteiger partial charge in [0.2, 0.25) is 0 Å². The molecule has 4 aromatic rings. The molecule has 0 bridgehead atoms. The van der Waals surface area contributed by atoms with E-state index in [9.17, 15) is 14.4 Å². The number of hydrogen-bond donors (Lipinski definition) is 0. The van der Waals surface area contributed by atoms with Crippen molar-refractivity contribution in [3.05, 3.63) is 85.8 Å². The summed E-state index contributed by atoms with van der Waals surface area (Å²) in [7, 11) is 0. The highest BCUT2D eigenvalue weighted by molar-refractivity contribution is 5.94. The number of carbonyl (C=O) groups is 1. The molecular weight excluding hydrogens is 396 g/mol. The van der Waals surface area contributed by atoms with Gasteiger partial charge in [0.25, 0.3) is 5.56 Å². The maximum Gasteiger partial charge on any atom is 0.338 e. The van der Waals surface area contributed by atoms with Crippen LogP contribution in [0.2, 0.25) is 0 Å². The van der Waals surface area contributed by atoms with Crippen LogP contribution in [0, 0.1) is 0 Å². The standard InChI is InChI=1S/C24H20N2O5/c1-2-14-5-7-17-16(12-22(27)31-20(17)10-14)13-30-24(29)15-6-8-18-19(11-15)25-21-4-3-9-26(21)23(18)28/h5-8,10-12H,2-4,9,13H2,1H3. The molecule has 2 aromatic heterocycles. The van der Waals surface area contributed by atoms with Crippen molar-refractivity contribution in [3.63, 3.8) is 0 Å². The smallest absolute Gasteiger partial charge is 0.338 e. The van der Waals surface area contributed by atoms with Gasteiger partial charge in [-0.15, -0.1) is 0 Å². The van der Waals surface area contributed by atoms with Gasteiger partial charge < -0.3 is 9.15 Å². The molecule has 0 radical (unpaired) electrons. The zero-order valence-corrected chi connectivity index (χ0v) is 17.0. The van der Waals surface area contributed by atoms with E-state index in [1.807, 2.05) is 25.1 Å². The zero-order chi connectivity index (χ0) is 21.5. The molecule has 0 amide bonds. The molecule has 156 valence electrons. The Hall–Kier alpha value is -3.74. The van der Waals surface area contributed by atoms with Crippen LogP contribution < -0.4 is 11.2 Å². The van der Waals surface area contributed by atoms with E-state index in [4.69, 9.17) is 9.15 Å². The van der Waals surface area contributed by atoms with Crippen molar-refractivity contribution in [2.75, 3.05) is 0 Å². The SMILES string of the molecule is CCc1ccc2c(COC(=O)c3ccc4c(=O)n5c(nc4c3)CCC5)cc(=O)oc2c1. The maximum absolute atomic E-state index is 12.7. The van der Waals surface area contributed by atoms with Crippen molar-refractivity contribution >= 4 is 27.8 Å². The molecule has 3 heterocycles. The molecule has 0 saturated heterocycles. The van der Waals surface area contributed by atoms with E-state index >= 15 is 0 Å². The van der Waals surface area contributed by atoms with Gasteiger partial charge in [-0.3, -0.25) is 9.36 Å². The molecule has 7 heteroatoms. The molecule has 0 unspecified atom stereocenters. The quantitative estimate of drug-likeness (QED) is 0.374. The number of ether oxygens (including phenoxy) is 1. The van der Waals surface area contributed by atoms with Gasteiger partial charge in [-0.1, -0.05) is 19.1 Å². The summed E-state index contributed by atoms with van der Waals surface area (Å²) in [6.07, 6.45) is 2.47. The minimum absolute atomic E-state index is 0.0648. The summed E-state index contributed by atoms with van der Waals surface area (Å²) in [4.78, 5) is 41.7. The number of rotatable bonds is 4. The largest absolute Gasteiger partial charge is 0.457 e. The topological polar surface area (TPSA) is 91.4 Å². The molecule has 31 heavy (non-hydrogen) atoms. The van der Waals surface area contributed by atoms with Crippen molar-refractivity contribution in [1.82, 2.24) is 9.55 Å². The Labute approximate surface area is 176 Å². The first-order valence-electron chi connectivity index (χ1n) is 10.3. The average molecular weight is 416 g/mol. The summed E-state index contributed by atoms with van der Waals surface area (Å²) in [5.74, 6) is 0.202. The van der Waals surface area contributed by atoms with Gasteiger partial charge in [0.05, 0.1) is 16.5 Å². The van der Waals surface area contributed by atoms with Crippen LogP contribution in [-0.4, -0.2) is 15.5 Å². The Balaban J connectivity index is 1.43. The van der Waals surface area contributed by atoms with E-state index in [-0.39, 0.29) is 12.2 Å². The van der Waals surface area contributed by atoms with Crippen LogP contribution in [0.15, 0.2) is 56.5 Å². The molecule has 1 aliphatic heterocycles. The van der Waals surface area contributed by atoms with Gasteiger partial charge in [0, 0.05) is 30.0 Å². The molecule has 5 rings (SSSR count). The fraction of sp³-hybridized carbons (Fsp3) is 0.250. The van der Waals surface area contributed by atoms with Crippen LogP contribution in [0.25, 0.3) is 21.9 Å². The second-order valence-corrected chi connectivity index (χ2v) is 7.67. The third-order valence-electron chi connectivity index (χ3n) is 5.71. The van der Waals surface area contributed by atoms with E-state index in [1.165, 1.54) is 6.07 Å². The second kappa shape index (κ2) is 7.50. The first-order chi connectivity index (χ1) is 15.0. The fourth-order valence-electron chi connectivity index (χ4n) is 4.05. The highest BCUT2D eigenvalue weighted by atomic mass is 16.5. The van der Waals surface area contributed by atoms with E-state index in [0.717, 1.165) is 36.0 Å². The van der Waals surface area contributed by atoms with Crippen LogP contribution in [-0.2, 0) is 30.7 Å². The number of aryl methyl sites for hydroxylation is 2. The van der Waals surface area contributed by atoms with E-state index in [1.54, 1.807) is 22.8 Å². The summed E-state index contributed by atoms with van der Waals surface area (Å²) in [6.45, 7) is 2.64. The number of aromatic nitrogens is 2. The Morgan fingerprint density at radius 3 is 2.81 bits per heavy atom. The maximum atomic E-state index is 12.7. The van der Waals surface area contributed by atoms with Crippen molar-refractivity contribution in [2.24, 2.45) is 0 Å². The predicted octanol–water partition coefficient (Wildman–Crippen LogP) is 3.37. The summed E-state index contributed by atoms with van der Waals surface area (Å²) >= 11 is 0. The van der Waals surface area contributed by atoms with E-state index in [0.29, 0.717) is 34.2 Å². The first kappa shape index (κ1) is 19.2. The third-order valence-corrected chi connectivity index (χ3v) is 5.71. The zero-order valence-electron chi connectivity index (χ0n) is 17.0. The van der Waals surface area contributed by atoms with Crippen LogP contribution in [0.1, 0.15) is 40.7 Å². The summed E-state index contributed by atoms with van der Waals surface area (Å²) < 4.78 is 12.5. The Bertz CT molecular complexity index is 1470. The number of carbonyl (C=O) groups excluding carboxylic acids is 1. The van der Waals surface area contributed by atoms with Gasteiger partial charge in [0.15, 0.2) is 0 Å². The molecule has 0 spiro atoms. The minimum atomic E-state index is -0.545. The van der Waals surface area contributed by atoms with Crippen molar-refractivity contribution in [3.8, 4) is 0 Å². The van der Waals surface area contributed by atoms with Gasteiger partial charge in [0.1, 0.15) is 18.0 Å². The molecule has 7 nitrogen and oxygen atoms in total. The molecule has 0 fully saturated rings. The van der Waals surface area contributed by atoms with Gasteiger partial charge in [-0.2, -0.15) is 0 Å². The third kappa shape index (κ3) is 3.42. The molecule has 0 saturated carbocycles. The number of esters is 1. The van der Waals surface area contributed by atoms with Gasteiger partial charge >= 0.3 is 11.6 Å². The van der Waals surface area contributed by atoms with E-state index in [2.05, 4.69) is 4.98 Å². The van der Waals surface area contributed by atoms with Crippen LogP contribution in [0.3, 0.4) is 0 Å². The lowest BCUT2D eigenvalue weighted by atomic mass is 10.1. The predicted molar refractivity (Wildman–Crippen MR) is 115 cm³/mol. The molecule has 0 N–H and O–H groups in total. The number of fused-ring (bicyclic) bond motifs is 3. The monoisotopic (exact) mass is 416 g/mol. The van der Waals surface area contributed by atoms with E-state index < -0.39 is 11.6 Å². The summed E-state index contributed by atoms with van der Waals surface area (Å²) in [5.41, 5.74) is 2.34. The number of nitrogens with zero attached hydrogens (tertiary/aromatic N) is 2. The van der Waals surface area contributed by atoms with Crippen LogP contribution >= 0.6 is 0 Å². The van der Waals surface area contributed by atoms with Gasteiger partial charge in [-0.25, -0.2) is 14.6 Å². The Kier molecular flexibility index (Phi) is 4.66. The minimum Gasteiger partial charge on any atom is -0.457 e. The summed E-state index contributed by atoms with van der Waals surface area (Å²) in [6, 6.07) is 11.8. The van der Waals surface area contributed by atoms with Crippen molar-refractivity contribution in [2.45, 2.75) is 39.3 Å². The first-order valence-corrected chi connectivity index (χ1v) is 10.3. The van der Waals surface area contributed by atoms with Crippen LogP contribution in [0.5, 0.6) is 0 Å². The second-order valence-electron chi connectivity index (χ2n) is 7.67.